The van der Waals surface area contributed by atoms with Crippen LogP contribution < -0.4 is 10.6 Å². The molecule has 3 heterocycles. The number of carbonyl (C=O) groups excluding carboxylic acids is 2. The van der Waals surface area contributed by atoms with Crippen molar-refractivity contribution in [3.8, 4) is 6.19 Å². The van der Waals surface area contributed by atoms with Crippen molar-refractivity contribution in [2.24, 2.45) is 4.99 Å². The number of amides is 2. The summed E-state index contributed by atoms with van der Waals surface area (Å²) in [5.74, 6) is 0.0343. The van der Waals surface area contributed by atoms with Crippen LogP contribution >= 0.6 is 0 Å². The van der Waals surface area contributed by atoms with Crippen LogP contribution in [-0.4, -0.2) is 59.8 Å². The number of rotatable bonds is 4. The Labute approximate surface area is 187 Å². The number of hydrogen-bond donors (Lipinski definition) is 2. The Kier molecular flexibility index (Phi) is 6.59. The van der Waals surface area contributed by atoms with Crippen molar-refractivity contribution in [1.82, 2.24) is 15.1 Å². The number of furan rings is 1. The van der Waals surface area contributed by atoms with Crippen LogP contribution in [0.25, 0.3) is 11.0 Å². The quantitative estimate of drug-likeness (QED) is 0.330. The number of carbonyl (C=O) groups is 2. The summed E-state index contributed by atoms with van der Waals surface area (Å²) in [6, 6.07) is 4.94. The molecule has 2 saturated heterocycles. The highest BCUT2D eigenvalue weighted by Crippen LogP contribution is 2.24. The number of anilines is 1. The number of nitriles is 1. The number of benzene rings is 1. The molecule has 9 nitrogen and oxygen atoms in total. The minimum atomic E-state index is -0.647. The standard InChI is InChI=1S/C23H28N6O3/c1-16-14-32-20-8-7-17(12-18(16)20)26-23(25-15-24)27-19-6-2-3-11-29(22(19)31)13-21(30)28-9-4-5-10-28/h7-8,12,14,19H,2-6,9-11,13H2,1H3,(H2,25,26,27). The van der Waals surface area contributed by atoms with Crippen LogP contribution in [-0.2, 0) is 9.59 Å². The van der Waals surface area contributed by atoms with E-state index in [0.717, 1.165) is 61.0 Å². The molecular formula is C23H28N6O3. The first-order valence-corrected chi connectivity index (χ1v) is 11.1. The normalized spacial score (nSPS) is 19.7. The van der Waals surface area contributed by atoms with Crippen LogP contribution in [0, 0.1) is 18.4 Å². The first-order valence-electron chi connectivity index (χ1n) is 11.1. The van der Waals surface area contributed by atoms with Gasteiger partial charge in [0.1, 0.15) is 11.6 Å². The third-order valence-corrected chi connectivity index (χ3v) is 6.03. The summed E-state index contributed by atoms with van der Waals surface area (Å²) in [6.07, 6.45) is 7.85. The molecule has 0 radical (unpaired) electrons. The second-order valence-corrected chi connectivity index (χ2v) is 8.33. The van der Waals surface area contributed by atoms with Gasteiger partial charge in [0, 0.05) is 30.7 Å². The Morgan fingerprint density at radius 1 is 1.25 bits per heavy atom. The fourth-order valence-electron chi connectivity index (χ4n) is 4.27. The summed E-state index contributed by atoms with van der Waals surface area (Å²) >= 11 is 0. The molecule has 0 aliphatic carbocycles. The van der Waals surface area contributed by atoms with Gasteiger partial charge in [-0.2, -0.15) is 5.26 Å². The highest BCUT2D eigenvalue weighted by atomic mass is 16.3. The summed E-state index contributed by atoms with van der Waals surface area (Å²) in [7, 11) is 0. The molecule has 1 atom stereocenters. The molecule has 2 aliphatic heterocycles. The lowest BCUT2D eigenvalue weighted by Gasteiger charge is -2.25. The summed E-state index contributed by atoms with van der Waals surface area (Å²) in [4.78, 5) is 33.7. The molecule has 168 valence electrons. The summed E-state index contributed by atoms with van der Waals surface area (Å²) in [5, 5.41) is 15.8. The SMILES string of the molecule is Cc1coc2ccc(NC(=NC3CCCCN(CC(=O)N4CCCC4)C3=O)NC#N)cc12. The molecule has 1 aromatic heterocycles. The summed E-state index contributed by atoms with van der Waals surface area (Å²) < 4.78 is 5.48. The third-order valence-electron chi connectivity index (χ3n) is 6.03. The smallest absolute Gasteiger partial charge is 0.247 e. The first kappa shape index (κ1) is 21.7. The van der Waals surface area contributed by atoms with Crippen molar-refractivity contribution in [2.45, 2.75) is 45.1 Å². The van der Waals surface area contributed by atoms with Crippen LogP contribution in [0.15, 0.2) is 33.9 Å². The van der Waals surface area contributed by atoms with Gasteiger partial charge in [-0.1, -0.05) is 0 Å². The fourth-order valence-corrected chi connectivity index (χ4v) is 4.27. The third kappa shape index (κ3) is 4.85. The van der Waals surface area contributed by atoms with Gasteiger partial charge in [-0.05, 0) is 62.8 Å². The number of aryl methyl sites for hydroxylation is 1. The summed E-state index contributed by atoms with van der Waals surface area (Å²) in [6.45, 7) is 4.14. The molecular weight excluding hydrogens is 408 g/mol. The van der Waals surface area contributed by atoms with Crippen LogP contribution in [0.5, 0.6) is 0 Å². The zero-order chi connectivity index (χ0) is 22.5. The van der Waals surface area contributed by atoms with Gasteiger partial charge in [0.15, 0.2) is 6.19 Å². The maximum Gasteiger partial charge on any atom is 0.247 e. The molecule has 0 bridgehead atoms. The monoisotopic (exact) mass is 436 g/mol. The average Bonchev–Trinajstić information content (AvgIpc) is 3.41. The Balaban J connectivity index is 1.50. The molecule has 2 aromatic rings. The van der Waals surface area contributed by atoms with Gasteiger partial charge in [-0.3, -0.25) is 14.9 Å². The fraction of sp³-hybridized carbons (Fsp3) is 0.478. The Morgan fingerprint density at radius 3 is 2.81 bits per heavy atom. The number of nitrogens with zero attached hydrogens (tertiary/aromatic N) is 4. The number of guanidine groups is 1. The molecule has 4 rings (SSSR count). The lowest BCUT2D eigenvalue weighted by molar-refractivity contribution is -0.140. The zero-order valence-corrected chi connectivity index (χ0v) is 18.3. The van der Waals surface area contributed by atoms with E-state index in [4.69, 9.17) is 4.42 Å². The lowest BCUT2D eigenvalue weighted by atomic mass is 10.1. The van der Waals surface area contributed by atoms with E-state index in [1.54, 1.807) is 11.2 Å². The van der Waals surface area contributed by atoms with E-state index in [9.17, 15) is 14.9 Å². The number of likely N-dealkylation sites (tertiary alicyclic amines) is 2. The Morgan fingerprint density at radius 2 is 2.03 bits per heavy atom. The minimum Gasteiger partial charge on any atom is -0.464 e. The van der Waals surface area contributed by atoms with Crippen molar-refractivity contribution >= 4 is 34.4 Å². The van der Waals surface area contributed by atoms with Crippen molar-refractivity contribution < 1.29 is 14.0 Å². The van der Waals surface area contributed by atoms with Gasteiger partial charge in [0.25, 0.3) is 0 Å². The molecule has 2 fully saturated rings. The maximum atomic E-state index is 13.2. The number of aliphatic imine (C=N–C) groups is 1. The molecule has 1 aromatic carbocycles. The van der Waals surface area contributed by atoms with Crippen LogP contribution in [0.2, 0.25) is 0 Å². The van der Waals surface area contributed by atoms with Crippen molar-refractivity contribution in [2.75, 3.05) is 31.5 Å². The Bertz CT molecular complexity index is 1060. The van der Waals surface area contributed by atoms with Gasteiger partial charge >= 0.3 is 0 Å². The number of nitrogens with one attached hydrogen (secondary N) is 2. The lowest BCUT2D eigenvalue weighted by Crippen LogP contribution is -2.45. The molecule has 0 saturated carbocycles. The van der Waals surface area contributed by atoms with Crippen LogP contribution in [0.4, 0.5) is 5.69 Å². The van der Waals surface area contributed by atoms with E-state index >= 15 is 0 Å². The zero-order valence-electron chi connectivity index (χ0n) is 18.3. The van der Waals surface area contributed by atoms with Gasteiger partial charge < -0.3 is 19.5 Å². The van der Waals surface area contributed by atoms with Crippen molar-refractivity contribution in [1.29, 1.82) is 5.26 Å². The molecule has 1 unspecified atom stereocenters. The van der Waals surface area contributed by atoms with Crippen molar-refractivity contribution in [3.63, 3.8) is 0 Å². The molecule has 2 aliphatic rings. The largest absolute Gasteiger partial charge is 0.464 e. The van der Waals surface area contributed by atoms with Crippen LogP contribution in [0.3, 0.4) is 0 Å². The van der Waals surface area contributed by atoms with E-state index in [1.807, 2.05) is 36.2 Å². The first-order chi connectivity index (χ1) is 15.5. The second kappa shape index (κ2) is 9.73. The molecule has 9 heteroatoms. The molecule has 2 N–H and O–H groups in total. The molecule has 0 spiro atoms. The molecule has 32 heavy (non-hydrogen) atoms. The number of fused-ring (bicyclic) bond motifs is 1. The van der Waals surface area contributed by atoms with Crippen molar-refractivity contribution in [3.05, 3.63) is 30.0 Å². The van der Waals surface area contributed by atoms with Gasteiger partial charge in [-0.25, -0.2) is 4.99 Å². The van der Waals surface area contributed by atoms with Crippen LogP contribution in [0.1, 0.15) is 37.7 Å². The van der Waals surface area contributed by atoms with Gasteiger partial charge in [-0.15, -0.1) is 0 Å². The predicted octanol–water partition coefficient (Wildman–Crippen LogP) is 2.58. The van der Waals surface area contributed by atoms with Gasteiger partial charge in [0.2, 0.25) is 17.8 Å². The topological polar surface area (TPSA) is 114 Å². The highest BCUT2D eigenvalue weighted by molar-refractivity contribution is 5.98. The average molecular weight is 437 g/mol. The minimum absolute atomic E-state index is 0.00207. The molecule has 2 amide bonds. The van der Waals surface area contributed by atoms with Gasteiger partial charge in [0.05, 0.1) is 12.8 Å². The predicted molar refractivity (Wildman–Crippen MR) is 121 cm³/mol. The highest BCUT2D eigenvalue weighted by Gasteiger charge is 2.30. The van der Waals surface area contributed by atoms with E-state index in [2.05, 4.69) is 15.6 Å². The number of hydrogen-bond acceptors (Lipinski definition) is 5. The van der Waals surface area contributed by atoms with E-state index in [-0.39, 0.29) is 24.3 Å². The second-order valence-electron chi connectivity index (χ2n) is 8.33. The maximum absolute atomic E-state index is 13.2. The van der Waals surface area contributed by atoms with E-state index in [1.165, 1.54) is 0 Å². The summed E-state index contributed by atoms with van der Waals surface area (Å²) in [5.41, 5.74) is 2.51. The van der Waals surface area contributed by atoms with E-state index in [0.29, 0.717) is 13.0 Å². The Hall–Kier alpha value is -3.54. The van der Waals surface area contributed by atoms with E-state index < -0.39 is 6.04 Å².